The van der Waals surface area contributed by atoms with E-state index >= 15 is 0 Å². The van der Waals surface area contributed by atoms with Gasteiger partial charge in [0.25, 0.3) is 0 Å². The van der Waals surface area contributed by atoms with Gasteiger partial charge in [-0.1, -0.05) is 56.5 Å². The number of rotatable bonds is 8. The maximum absolute atomic E-state index is 11.6. The van der Waals surface area contributed by atoms with Crippen LogP contribution in [0.4, 0.5) is 0 Å². The third kappa shape index (κ3) is 10.1. The number of carbonyl (C=O) groups excluding carboxylic acids is 4. The Balaban J connectivity index is 0.000000864. The van der Waals surface area contributed by atoms with E-state index in [-0.39, 0.29) is 55.5 Å². The van der Waals surface area contributed by atoms with Crippen molar-refractivity contribution in [1.29, 1.82) is 0 Å². The van der Waals surface area contributed by atoms with Gasteiger partial charge in [0, 0.05) is 37.6 Å². The number of hydrogen-bond acceptors (Lipinski definition) is 6. The number of carbonyl (C=O) groups is 4. The van der Waals surface area contributed by atoms with Crippen molar-refractivity contribution in [2.45, 2.75) is 78.3 Å². The summed E-state index contributed by atoms with van der Waals surface area (Å²) in [7, 11) is 0. The summed E-state index contributed by atoms with van der Waals surface area (Å²) in [4.78, 5) is 49.6. The maximum atomic E-state index is 11.6. The Morgan fingerprint density at radius 1 is 0.722 bits per heavy atom. The van der Waals surface area contributed by atoms with Gasteiger partial charge in [0.2, 0.25) is 23.1 Å². The van der Waals surface area contributed by atoms with Crippen molar-refractivity contribution in [3.8, 4) is 0 Å². The zero-order chi connectivity index (χ0) is 25.3. The van der Waals surface area contributed by atoms with Gasteiger partial charge in [-0.2, -0.15) is 0 Å². The molecule has 3 rings (SSSR count). The molecule has 0 aliphatic carbocycles. The monoisotopic (exact) mass is 603 g/mol. The molecule has 0 N–H and O–H groups in total. The SMILES string of the molecule is CC1C(=O)C(=O)C=CN1CCCCCCN1C=CC(=O)C(=O)C1C.Cc1ccc(C(C)C)cc1.[Cl-].[Ru+3]. The molecule has 2 heterocycles. The molecule has 0 aromatic heterocycles. The summed E-state index contributed by atoms with van der Waals surface area (Å²) in [5.74, 6) is -0.878. The first-order valence-electron chi connectivity index (χ1n) is 12.2. The van der Waals surface area contributed by atoms with Crippen LogP contribution in [0.1, 0.15) is 70.4 Å². The van der Waals surface area contributed by atoms with Crippen LogP contribution < -0.4 is 12.4 Å². The summed E-state index contributed by atoms with van der Waals surface area (Å²) >= 11 is 0. The van der Waals surface area contributed by atoms with Crippen LogP contribution in [0.25, 0.3) is 0 Å². The Hall–Kier alpha value is -2.11. The number of benzene rings is 1. The fourth-order valence-electron chi connectivity index (χ4n) is 3.89. The average Bonchev–Trinajstić information content (AvgIpc) is 2.81. The summed E-state index contributed by atoms with van der Waals surface area (Å²) in [5, 5.41) is 0. The van der Waals surface area contributed by atoms with Crippen molar-refractivity contribution in [2.75, 3.05) is 13.1 Å². The molecule has 197 valence electrons. The predicted molar refractivity (Wildman–Crippen MR) is 134 cm³/mol. The van der Waals surface area contributed by atoms with Gasteiger partial charge in [-0.25, -0.2) is 0 Å². The first-order chi connectivity index (χ1) is 16.1. The van der Waals surface area contributed by atoms with E-state index in [1.165, 1.54) is 23.3 Å². The van der Waals surface area contributed by atoms with Crippen molar-refractivity contribution in [3.63, 3.8) is 0 Å². The molecule has 1 aromatic carbocycles. The number of allylic oxidation sites excluding steroid dienone is 2. The van der Waals surface area contributed by atoms with Crippen molar-refractivity contribution in [2.24, 2.45) is 0 Å². The van der Waals surface area contributed by atoms with Gasteiger partial charge in [-0.15, -0.1) is 0 Å². The Kier molecular flexibility index (Phi) is 15.6. The Labute approximate surface area is 234 Å². The van der Waals surface area contributed by atoms with Crippen molar-refractivity contribution < 1.29 is 51.1 Å². The molecule has 0 saturated carbocycles. The van der Waals surface area contributed by atoms with Crippen LogP contribution in [0.3, 0.4) is 0 Å². The van der Waals surface area contributed by atoms with Crippen LogP contribution in [0.5, 0.6) is 0 Å². The molecule has 6 nitrogen and oxygen atoms in total. The molecule has 1 radical (unpaired) electrons. The number of ketones is 4. The van der Waals surface area contributed by atoms with E-state index in [1.54, 1.807) is 26.2 Å². The zero-order valence-electron chi connectivity index (χ0n) is 21.9. The minimum atomic E-state index is -0.421. The molecular weight excluding hydrogens is 565 g/mol. The zero-order valence-corrected chi connectivity index (χ0v) is 24.3. The molecule has 36 heavy (non-hydrogen) atoms. The molecule has 0 fully saturated rings. The number of Topliss-reactive ketones (excluding diaryl/α,β-unsaturated/α-hetero) is 2. The number of aryl methyl sites for hydroxylation is 1. The van der Waals surface area contributed by atoms with E-state index in [9.17, 15) is 19.2 Å². The van der Waals surface area contributed by atoms with Crippen LogP contribution in [0, 0.1) is 6.92 Å². The van der Waals surface area contributed by atoms with Gasteiger partial charge < -0.3 is 22.2 Å². The molecule has 0 bridgehead atoms. The first-order valence-corrected chi connectivity index (χ1v) is 12.2. The van der Waals surface area contributed by atoms with Crippen LogP contribution in [0.2, 0.25) is 0 Å². The van der Waals surface area contributed by atoms with Crippen LogP contribution in [-0.2, 0) is 38.7 Å². The average molecular weight is 603 g/mol. The predicted octanol–water partition coefficient (Wildman–Crippen LogP) is 1.38. The van der Waals surface area contributed by atoms with Crippen molar-refractivity contribution in [3.05, 3.63) is 59.9 Å². The van der Waals surface area contributed by atoms with Gasteiger partial charge in [0.1, 0.15) is 0 Å². The molecule has 0 amide bonds. The van der Waals surface area contributed by atoms with Crippen molar-refractivity contribution >= 4 is 23.1 Å². The van der Waals surface area contributed by atoms with E-state index in [4.69, 9.17) is 0 Å². The van der Waals surface area contributed by atoms with Gasteiger partial charge >= 0.3 is 19.5 Å². The summed E-state index contributed by atoms with van der Waals surface area (Å²) < 4.78 is 0. The fraction of sp³-hybridized carbons (Fsp3) is 0.500. The van der Waals surface area contributed by atoms with Crippen LogP contribution >= 0.6 is 0 Å². The second kappa shape index (κ2) is 16.6. The Morgan fingerprint density at radius 3 is 1.47 bits per heavy atom. The van der Waals surface area contributed by atoms with Crippen molar-refractivity contribution in [1.82, 2.24) is 9.80 Å². The van der Waals surface area contributed by atoms with Crippen LogP contribution in [-0.4, -0.2) is 58.1 Å². The molecule has 0 spiro atoms. The smallest absolute Gasteiger partial charge is 1.00 e. The molecular formula is C28H38ClN2O4Ru+2. The Bertz CT molecular complexity index is 891. The minimum absolute atomic E-state index is 0. The molecule has 0 saturated heterocycles. The third-order valence-electron chi connectivity index (χ3n) is 6.40. The molecule has 2 aliphatic heterocycles. The fourth-order valence-corrected chi connectivity index (χ4v) is 3.89. The molecule has 2 atom stereocenters. The second-order valence-electron chi connectivity index (χ2n) is 9.40. The summed E-state index contributed by atoms with van der Waals surface area (Å²) in [6.45, 7) is 11.6. The third-order valence-corrected chi connectivity index (χ3v) is 6.40. The molecule has 1 aromatic rings. The minimum Gasteiger partial charge on any atom is -1.00 e. The maximum Gasteiger partial charge on any atom is 3.00 e. The van der Waals surface area contributed by atoms with E-state index in [2.05, 4.69) is 45.0 Å². The van der Waals surface area contributed by atoms with Gasteiger partial charge in [0.15, 0.2) is 0 Å². The normalized spacial score (nSPS) is 19.1. The van der Waals surface area contributed by atoms with Gasteiger partial charge in [-0.05, 0) is 45.1 Å². The standard InChI is InChI=1S/C18H24N2O4.C10H14.ClH.Ru/c1-13-17(23)15(21)7-11-19(13)9-5-3-4-6-10-20-12-8-16(22)18(24)14(20)2;1-8(2)10-6-4-9(3)5-7-10;;/h7-8,11-14H,3-6,9-10H2,1-2H3;4-8H,1-3H3;1H;/q;;;+3/p-1. The van der Waals surface area contributed by atoms with E-state index in [0.29, 0.717) is 5.92 Å². The number of unbranched alkanes of at least 4 members (excludes halogenated alkanes) is 3. The van der Waals surface area contributed by atoms with E-state index in [0.717, 1.165) is 38.8 Å². The summed E-state index contributed by atoms with van der Waals surface area (Å²) in [6, 6.07) is 7.97. The van der Waals surface area contributed by atoms with Crippen LogP contribution in [0.15, 0.2) is 48.8 Å². The summed E-state index contributed by atoms with van der Waals surface area (Å²) in [5.41, 5.74) is 2.76. The molecule has 8 heteroatoms. The first kappa shape index (κ1) is 33.9. The van der Waals surface area contributed by atoms with E-state index in [1.807, 2.05) is 9.80 Å². The van der Waals surface area contributed by atoms with E-state index < -0.39 is 11.6 Å². The number of nitrogens with zero attached hydrogens (tertiary/aromatic N) is 2. The quantitative estimate of drug-likeness (QED) is 0.254. The second-order valence-corrected chi connectivity index (χ2v) is 9.40. The summed E-state index contributed by atoms with van der Waals surface area (Å²) in [6.07, 6.45) is 10.00. The largest absolute Gasteiger partial charge is 3.00 e. The van der Waals surface area contributed by atoms with Gasteiger partial charge in [0.05, 0.1) is 12.1 Å². The molecule has 2 unspecified atom stereocenters. The molecule has 2 aliphatic rings. The number of halogens is 1. The number of hydrogen-bond donors (Lipinski definition) is 0. The topological polar surface area (TPSA) is 74.8 Å². The van der Waals surface area contributed by atoms with Gasteiger partial charge in [-0.3, -0.25) is 19.2 Å². The Morgan fingerprint density at radius 2 is 1.11 bits per heavy atom.